The fraction of sp³-hybridized carbons (Fsp3) is 0.484. The number of para-hydroxylation sites is 1. The second kappa shape index (κ2) is 11.9. The number of nitrogens with one attached hydrogen (secondary N) is 1. The van der Waals surface area contributed by atoms with Gasteiger partial charge in [0.1, 0.15) is 23.4 Å². The summed E-state index contributed by atoms with van der Waals surface area (Å²) in [5, 5.41) is 3.87. The number of allylic oxidation sites excluding steroid dienone is 1. The van der Waals surface area contributed by atoms with Crippen LogP contribution in [0.3, 0.4) is 0 Å². The van der Waals surface area contributed by atoms with Gasteiger partial charge in [0.25, 0.3) is 0 Å². The summed E-state index contributed by atoms with van der Waals surface area (Å²) in [7, 11) is 0. The van der Waals surface area contributed by atoms with Gasteiger partial charge in [-0.25, -0.2) is 0 Å². The van der Waals surface area contributed by atoms with E-state index >= 15 is 0 Å². The minimum absolute atomic E-state index is 0.0486. The van der Waals surface area contributed by atoms with Crippen molar-refractivity contribution in [3.63, 3.8) is 0 Å². The summed E-state index contributed by atoms with van der Waals surface area (Å²) in [6.07, 6.45) is 10.7. The van der Waals surface area contributed by atoms with Crippen LogP contribution in [0, 0.1) is 11.8 Å². The number of amides is 2. The SMILES string of the molecule is C=CCCCCC[C@H](C)C(=O)N1C[C@H](Oc2ccnc3ccccc23)C[C@H]1C(=O)N[C@]1(C(C)=O)CC1C=C. The van der Waals surface area contributed by atoms with Crippen LogP contribution in [0.1, 0.15) is 58.8 Å². The predicted molar refractivity (Wildman–Crippen MR) is 149 cm³/mol. The molecule has 5 atom stereocenters. The van der Waals surface area contributed by atoms with Gasteiger partial charge >= 0.3 is 0 Å². The second-order valence-electron chi connectivity index (χ2n) is 10.7. The molecule has 1 aromatic carbocycles. The van der Waals surface area contributed by atoms with Crippen molar-refractivity contribution in [1.82, 2.24) is 15.2 Å². The molecule has 202 valence electrons. The van der Waals surface area contributed by atoms with Gasteiger partial charge in [-0.15, -0.1) is 13.2 Å². The molecule has 2 aliphatic rings. The molecule has 1 aliphatic carbocycles. The van der Waals surface area contributed by atoms with Crippen molar-refractivity contribution in [2.24, 2.45) is 11.8 Å². The number of fused-ring (bicyclic) bond motifs is 1. The maximum absolute atomic E-state index is 13.6. The highest BCUT2D eigenvalue weighted by atomic mass is 16.5. The van der Waals surface area contributed by atoms with Crippen molar-refractivity contribution in [2.45, 2.75) is 76.5 Å². The Morgan fingerprint density at radius 1 is 1.21 bits per heavy atom. The van der Waals surface area contributed by atoms with Crippen molar-refractivity contribution < 1.29 is 19.1 Å². The lowest BCUT2D eigenvalue weighted by Gasteiger charge is -2.28. The number of likely N-dealkylation sites (tertiary alicyclic amines) is 1. The number of pyridine rings is 1. The molecular formula is C31H39N3O4. The van der Waals surface area contributed by atoms with Gasteiger partial charge in [0.05, 0.1) is 12.1 Å². The van der Waals surface area contributed by atoms with Crippen molar-refractivity contribution in [3.05, 3.63) is 61.8 Å². The predicted octanol–water partition coefficient (Wildman–Crippen LogP) is 5.01. The van der Waals surface area contributed by atoms with Crippen molar-refractivity contribution in [2.75, 3.05) is 6.54 Å². The van der Waals surface area contributed by atoms with Crippen LogP contribution < -0.4 is 10.1 Å². The molecule has 7 nitrogen and oxygen atoms in total. The van der Waals surface area contributed by atoms with Gasteiger partial charge in [0, 0.05) is 29.8 Å². The summed E-state index contributed by atoms with van der Waals surface area (Å²) in [5.74, 6) is -0.0549. The number of aromatic nitrogens is 1. The molecule has 1 N–H and O–H groups in total. The average Bonchev–Trinajstić information content (AvgIpc) is 3.48. The minimum atomic E-state index is -0.912. The van der Waals surface area contributed by atoms with Gasteiger partial charge in [-0.1, -0.05) is 44.1 Å². The number of carbonyl (C=O) groups excluding carboxylic acids is 3. The van der Waals surface area contributed by atoms with Crippen LogP contribution >= 0.6 is 0 Å². The van der Waals surface area contributed by atoms with Crippen molar-refractivity contribution >= 4 is 28.5 Å². The van der Waals surface area contributed by atoms with Crippen LogP contribution in [0.4, 0.5) is 0 Å². The van der Waals surface area contributed by atoms with E-state index in [9.17, 15) is 14.4 Å². The van der Waals surface area contributed by atoms with E-state index in [-0.39, 0.29) is 35.5 Å². The average molecular weight is 518 g/mol. The molecule has 4 rings (SSSR count). The standard InChI is InChI=1S/C31H39N3O4/c1-5-7-8-9-10-13-21(3)30(37)34-20-24(38-28-16-17-32-26-15-12-11-14-25(26)28)18-27(34)29(36)33-31(22(4)35)19-23(31)6-2/h5-6,11-12,14-17,21,23-24,27H,1-2,7-10,13,18-20H2,3-4H3,(H,33,36)/t21-,23?,24+,27-,31-/m0/s1. The number of hydrogen-bond acceptors (Lipinski definition) is 5. The molecule has 2 aromatic rings. The van der Waals surface area contributed by atoms with E-state index in [1.807, 2.05) is 43.3 Å². The number of hydrogen-bond donors (Lipinski definition) is 1. The van der Waals surface area contributed by atoms with E-state index in [2.05, 4.69) is 23.5 Å². The quantitative estimate of drug-likeness (QED) is 0.298. The lowest BCUT2D eigenvalue weighted by molar-refractivity contribution is -0.142. The molecule has 7 heteroatoms. The molecule has 0 bridgehead atoms. The smallest absolute Gasteiger partial charge is 0.243 e. The molecule has 0 spiro atoms. The third-order valence-electron chi connectivity index (χ3n) is 7.99. The zero-order valence-corrected chi connectivity index (χ0v) is 22.5. The molecule has 1 saturated carbocycles. The first kappa shape index (κ1) is 27.6. The molecule has 38 heavy (non-hydrogen) atoms. The highest BCUT2D eigenvalue weighted by molar-refractivity contribution is 5.97. The number of carbonyl (C=O) groups is 3. The number of Topliss-reactive ketones (excluding diaryl/α,β-unsaturated/α-hetero) is 1. The lowest BCUT2D eigenvalue weighted by Crippen LogP contribution is -2.53. The van der Waals surface area contributed by atoms with E-state index in [0.29, 0.717) is 25.1 Å². The van der Waals surface area contributed by atoms with Gasteiger partial charge < -0.3 is 15.0 Å². The Labute approximate surface area is 225 Å². The summed E-state index contributed by atoms with van der Waals surface area (Å²) in [4.78, 5) is 45.7. The van der Waals surface area contributed by atoms with Crippen LogP contribution in [0.25, 0.3) is 10.9 Å². The number of nitrogens with zero attached hydrogens (tertiary/aromatic N) is 2. The number of ether oxygens (including phenoxy) is 1. The molecule has 1 unspecified atom stereocenters. The summed E-state index contributed by atoms with van der Waals surface area (Å²) in [5.41, 5.74) is -0.0900. The minimum Gasteiger partial charge on any atom is -0.488 e. The Morgan fingerprint density at radius 2 is 2.00 bits per heavy atom. The third kappa shape index (κ3) is 5.82. The zero-order valence-electron chi connectivity index (χ0n) is 22.5. The monoisotopic (exact) mass is 517 g/mol. The number of benzene rings is 1. The number of rotatable bonds is 13. The summed E-state index contributed by atoms with van der Waals surface area (Å²) < 4.78 is 6.38. The molecule has 2 heterocycles. The molecule has 1 saturated heterocycles. The fourth-order valence-corrected chi connectivity index (χ4v) is 5.56. The van der Waals surface area contributed by atoms with Crippen LogP contribution in [0.2, 0.25) is 0 Å². The largest absolute Gasteiger partial charge is 0.488 e. The topological polar surface area (TPSA) is 88.6 Å². The molecule has 0 radical (unpaired) electrons. The first-order valence-electron chi connectivity index (χ1n) is 13.7. The summed E-state index contributed by atoms with van der Waals surface area (Å²) >= 11 is 0. The summed E-state index contributed by atoms with van der Waals surface area (Å²) in [6.45, 7) is 11.3. The van der Waals surface area contributed by atoms with Crippen LogP contribution in [0.15, 0.2) is 61.8 Å². The molecule has 1 aliphatic heterocycles. The third-order valence-corrected chi connectivity index (χ3v) is 7.99. The first-order valence-corrected chi connectivity index (χ1v) is 13.7. The van der Waals surface area contributed by atoms with E-state index < -0.39 is 11.6 Å². The van der Waals surface area contributed by atoms with E-state index in [4.69, 9.17) is 4.74 Å². The van der Waals surface area contributed by atoms with Gasteiger partial charge in [0.15, 0.2) is 5.78 Å². The zero-order chi connectivity index (χ0) is 27.3. The Hall–Kier alpha value is -3.48. The van der Waals surface area contributed by atoms with Gasteiger partial charge in [-0.3, -0.25) is 19.4 Å². The second-order valence-corrected chi connectivity index (χ2v) is 10.7. The molecule has 2 amide bonds. The fourth-order valence-electron chi connectivity index (χ4n) is 5.56. The number of unbranched alkanes of at least 4 members (excludes halogenated alkanes) is 3. The molecule has 2 fully saturated rings. The molecular weight excluding hydrogens is 478 g/mol. The molecule has 1 aromatic heterocycles. The highest BCUT2D eigenvalue weighted by Crippen LogP contribution is 2.45. The first-order chi connectivity index (χ1) is 18.3. The van der Waals surface area contributed by atoms with Crippen LogP contribution in [-0.4, -0.2) is 51.7 Å². The van der Waals surface area contributed by atoms with E-state index in [0.717, 1.165) is 43.0 Å². The number of ketones is 1. The maximum Gasteiger partial charge on any atom is 0.243 e. The summed E-state index contributed by atoms with van der Waals surface area (Å²) in [6, 6.07) is 8.84. The Kier molecular flexibility index (Phi) is 8.65. The van der Waals surface area contributed by atoms with Gasteiger partial charge in [-0.2, -0.15) is 0 Å². The lowest BCUT2D eigenvalue weighted by atomic mass is 10.0. The van der Waals surface area contributed by atoms with Crippen molar-refractivity contribution in [1.29, 1.82) is 0 Å². The Bertz CT molecular complexity index is 1210. The highest BCUT2D eigenvalue weighted by Gasteiger charge is 2.58. The van der Waals surface area contributed by atoms with Gasteiger partial charge in [0.2, 0.25) is 11.8 Å². The maximum atomic E-state index is 13.6. The van der Waals surface area contributed by atoms with Crippen molar-refractivity contribution in [3.8, 4) is 5.75 Å². The van der Waals surface area contributed by atoms with Gasteiger partial charge in [-0.05, 0) is 50.8 Å². The van der Waals surface area contributed by atoms with Crippen LogP contribution in [-0.2, 0) is 14.4 Å². The van der Waals surface area contributed by atoms with Crippen LogP contribution in [0.5, 0.6) is 5.75 Å². The van der Waals surface area contributed by atoms with E-state index in [1.54, 1.807) is 17.2 Å². The Morgan fingerprint density at radius 3 is 2.71 bits per heavy atom. The van der Waals surface area contributed by atoms with E-state index in [1.165, 1.54) is 6.92 Å². The Balaban J connectivity index is 1.51. The normalized spacial score (nSPS) is 25.0.